The Kier molecular flexibility index (Phi) is 64.0. The van der Waals surface area contributed by atoms with Crippen LogP contribution in [0.25, 0.3) is 0 Å². The van der Waals surface area contributed by atoms with Crippen LogP contribution in [0.15, 0.2) is 60.8 Å². The van der Waals surface area contributed by atoms with Crippen LogP contribution in [0.4, 0.5) is 0 Å². The Labute approximate surface area is 559 Å². The Bertz CT molecular complexity index is 1990. The first-order valence-corrected chi connectivity index (χ1v) is 39.5. The SMILES string of the molecule is CC/C=C\C/C=C\C/C=C\CCCCCCCCCC(=O)OCC(COP(=O)(O)OCC(O)COP(=O)(O)OCC(COC(=O)CCCCCCC/C=C\C/C=C\CCC)OC(=O)CCCCCCCCCCCCC)OC(=O)CCCCCCCCCCCCC. The van der Waals surface area contributed by atoms with Gasteiger partial charge in [0.1, 0.15) is 19.3 Å². The van der Waals surface area contributed by atoms with Crippen molar-refractivity contribution in [1.82, 2.24) is 0 Å². The van der Waals surface area contributed by atoms with Gasteiger partial charge < -0.3 is 33.8 Å². The van der Waals surface area contributed by atoms with Crippen molar-refractivity contribution in [2.24, 2.45) is 0 Å². The lowest BCUT2D eigenvalue weighted by Gasteiger charge is -2.21. The molecule has 0 fully saturated rings. The lowest BCUT2D eigenvalue weighted by molar-refractivity contribution is -0.161. The minimum Gasteiger partial charge on any atom is -0.462 e. The summed E-state index contributed by atoms with van der Waals surface area (Å²) >= 11 is 0. The fourth-order valence-corrected chi connectivity index (χ4v) is 11.5. The summed E-state index contributed by atoms with van der Waals surface area (Å²) in [4.78, 5) is 72.6. The quantitative estimate of drug-likeness (QED) is 0.0169. The van der Waals surface area contributed by atoms with E-state index in [4.69, 9.17) is 37.0 Å². The molecule has 19 heteroatoms. The average molecular weight is 1340 g/mol. The predicted octanol–water partition coefficient (Wildman–Crippen LogP) is 20.3. The molecule has 0 aromatic heterocycles. The largest absolute Gasteiger partial charge is 0.472 e. The van der Waals surface area contributed by atoms with Crippen molar-refractivity contribution in [3.63, 3.8) is 0 Å². The molecule has 536 valence electrons. The molecule has 0 heterocycles. The molecule has 3 N–H and O–H groups in total. The zero-order valence-electron chi connectivity index (χ0n) is 58.2. The highest BCUT2D eigenvalue weighted by atomic mass is 31.2. The highest BCUT2D eigenvalue weighted by molar-refractivity contribution is 7.47. The van der Waals surface area contributed by atoms with E-state index in [0.29, 0.717) is 25.7 Å². The van der Waals surface area contributed by atoms with E-state index in [9.17, 15) is 43.2 Å². The molecule has 0 radical (unpaired) electrons. The Morgan fingerprint density at radius 2 is 0.587 bits per heavy atom. The number of rotatable bonds is 69. The van der Waals surface area contributed by atoms with Crippen molar-refractivity contribution in [3.05, 3.63) is 60.8 Å². The summed E-state index contributed by atoms with van der Waals surface area (Å²) in [6.07, 6.45) is 62.3. The van der Waals surface area contributed by atoms with Crippen molar-refractivity contribution in [2.45, 2.75) is 341 Å². The van der Waals surface area contributed by atoms with E-state index in [1.54, 1.807) is 0 Å². The lowest BCUT2D eigenvalue weighted by atomic mass is 10.1. The van der Waals surface area contributed by atoms with Crippen molar-refractivity contribution in [3.8, 4) is 0 Å². The molecule has 0 saturated heterocycles. The van der Waals surface area contributed by atoms with Crippen LogP contribution in [-0.2, 0) is 65.4 Å². The average Bonchev–Trinajstić information content (AvgIpc) is 2.31. The molecule has 92 heavy (non-hydrogen) atoms. The van der Waals surface area contributed by atoms with Crippen LogP contribution in [0, 0.1) is 0 Å². The lowest BCUT2D eigenvalue weighted by Crippen LogP contribution is -2.30. The summed E-state index contributed by atoms with van der Waals surface area (Å²) in [5.41, 5.74) is 0. The van der Waals surface area contributed by atoms with Crippen molar-refractivity contribution >= 4 is 39.5 Å². The van der Waals surface area contributed by atoms with Crippen LogP contribution in [0.2, 0.25) is 0 Å². The Morgan fingerprint density at radius 3 is 0.913 bits per heavy atom. The van der Waals surface area contributed by atoms with Crippen LogP contribution >= 0.6 is 15.6 Å². The Hall–Kier alpha value is -3.24. The molecule has 0 aliphatic rings. The number of carbonyl (C=O) groups is 4. The van der Waals surface area contributed by atoms with Gasteiger partial charge in [0, 0.05) is 25.7 Å². The number of ether oxygens (including phenoxy) is 4. The second kappa shape index (κ2) is 66.4. The van der Waals surface area contributed by atoms with Crippen molar-refractivity contribution in [1.29, 1.82) is 0 Å². The molecule has 0 aliphatic heterocycles. The van der Waals surface area contributed by atoms with Crippen LogP contribution < -0.4 is 0 Å². The maximum absolute atomic E-state index is 13.0. The van der Waals surface area contributed by atoms with Gasteiger partial charge in [-0.3, -0.25) is 37.3 Å². The third kappa shape index (κ3) is 65.4. The number of hydrogen-bond donors (Lipinski definition) is 3. The summed E-state index contributed by atoms with van der Waals surface area (Å²) < 4.78 is 68.3. The number of esters is 4. The van der Waals surface area contributed by atoms with Crippen LogP contribution in [0.5, 0.6) is 0 Å². The number of unbranched alkanes of at least 4 members (excludes halogenated alkanes) is 33. The minimum absolute atomic E-state index is 0.0979. The van der Waals surface area contributed by atoms with E-state index in [2.05, 4.69) is 88.5 Å². The zero-order valence-corrected chi connectivity index (χ0v) is 60.0. The topological polar surface area (TPSA) is 237 Å². The van der Waals surface area contributed by atoms with Gasteiger partial charge in [0.05, 0.1) is 26.4 Å². The number of aliphatic hydroxyl groups is 1. The Balaban J connectivity index is 5.27. The number of aliphatic hydroxyl groups excluding tert-OH is 1. The van der Waals surface area contributed by atoms with E-state index in [-0.39, 0.29) is 25.7 Å². The molecule has 0 spiro atoms. The van der Waals surface area contributed by atoms with Crippen molar-refractivity contribution in [2.75, 3.05) is 39.6 Å². The summed E-state index contributed by atoms with van der Waals surface area (Å²) in [7, 11) is -9.92. The molecule has 0 aromatic rings. The van der Waals surface area contributed by atoms with E-state index in [1.165, 1.54) is 77.0 Å². The molecular weight excluding hydrogens is 1210 g/mol. The fourth-order valence-electron chi connectivity index (χ4n) is 9.92. The molecular formula is C73H132O17P2. The first kappa shape index (κ1) is 88.8. The van der Waals surface area contributed by atoms with Gasteiger partial charge >= 0.3 is 39.5 Å². The maximum Gasteiger partial charge on any atom is 0.472 e. The summed E-state index contributed by atoms with van der Waals surface area (Å²) in [6.45, 7) is 4.69. The Morgan fingerprint density at radius 1 is 0.315 bits per heavy atom. The van der Waals surface area contributed by atoms with Crippen molar-refractivity contribution < 1.29 is 80.2 Å². The summed E-state index contributed by atoms with van der Waals surface area (Å²) in [5.74, 6) is -2.17. The smallest absolute Gasteiger partial charge is 0.462 e. The van der Waals surface area contributed by atoms with E-state index in [1.807, 2.05) is 0 Å². The van der Waals surface area contributed by atoms with Crippen LogP contribution in [0.1, 0.15) is 323 Å². The maximum atomic E-state index is 13.0. The van der Waals surface area contributed by atoms with Gasteiger partial charge in [-0.1, -0.05) is 275 Å². The first-order valence-electron chi connectivity index (χ1n) is 36.5. The fraction of sp³-hybridized carbons (Fsp3) is 0.808. The molecule has 0 rings (SSSR count). The molecule has 0 aliphatic carbocycles. The molecule has 0 aromatic carbocycles. The molecule has 5 unspecified atom stereocenters. The number of allylic oxidation sites excluding steroid dienone is 10. The van der Waals surface area contributed by atoms with Gasteiger partial charge in [0.2, 0.25) is 0 Å². The van der Waals surface area contributed by atoms with Gasteiger partial charge in [-0.15, -0.1) is 0 Å². The molecule has 0 bridgehead atoms. The zero-order chi connectivity index (χ0) is 67.5. The first-order chi connectivity index (χ1) is 44.7. The number of carbonyl (C=O) groups excluding carboxylic acids is 4. The molecule has 17 nitrogen and oxygen atoms in total. The van der Waals surface area contributed by atoms with Gasteiger partial charge in [0.25, 0.3) is 0 Å². The monoisotopic (exact) mass is 1340 g/mol. The third-order valence-electron chi connectivity index (χ3n) is 15.5. The normalized spacial score (nSPS) is 14.4. The molecule has 0 amide bonds. The summed E-state index contributed by atoms with van der Waals surface area (Å²) in [5, 5.41) is 10.6. The van der Waals surface area contributed by atoms with Gasteiger partial charge in [0.15, 0.2) is 12.2 Å². The van der Waals surface area contributed by atoms with E-state index in [0.717, 1.165) is 167 Å². The van der Waals surface area contributed by atoms with Gasteiger partial charge in [-0.05, 0) is 83.5 Å². The number of hydrogen-bond acceptors (Lipinski definition) is 15. The van der Waals surface area contributed by atoms with E-state index >= 15 is 0 Å². The third-order valence-corrected chi connectivity index (χ3v) is 17.4. The second-order valence-electron chi connectivity index (χ2n) is 24.5. The number of phosphoric ester groups is 2. The second-order valence-corrected chi connectivity index (χ2v) is 27.4. The minimum atomic E-state index is -4.96. The molecule has 5 atom stereocenters. The van der Waals surface area contributed by atoms with E-state index < -0.39 is 97.5 Å². The van der Waals surface area contributed by atoms with Crippen LogP contribution in [0.3, 0.4) is 0 Å². The van der Waals surface area contributed by atoms with Crippen LogP contribution in [-0.4, -0.2) is 96.7 Å². The van der Waals surface area contributed by atoms with Gasteiger partial charge in [-0.2, -0.15) is 0 Å². The predicted molar refractivity (Wildman–Crippen MR) is 372 cm³/mol. The number of phosphoric acid groups is 2. The molecule has 0 saturated carbocycles. The highest BCUT2D eigenvalue weighted by Crippen LogP contribution is 2.45. The standard InChI is InChI=1S/C73H132O17P2/c1-5-9-13-17-21-25-29-31-32-33-34-36-40-42-46-50-54-58-71(76)84-64-69(90-73(78)60-56-52-48-44-38-28-24-20-16-12-8-4)66-88-92(81,82)86-62-67(74)61-85-91(79,80)87-65-68(89-72(77)59-55-51-47-43-37-27-23-19-15-11-7-3)63-83-70(75)57-53-49-45-41-39-35-30-26-22-18-14-10-6-2/h9,13-14,18,21,25-26,30-32,67-69,74H,5-8,10-12,15-17,19-20,22-24,27-29,33-66H2,1-4H3,(H,79,80)(H,81,82)/b13-9-,18-14-,25-21-,30-26-,32-31-. The summed E-state index contributed by atoms with van der Waals surface area (Å²) in [6, 6.07) is 0. The van der Waals surface area contributed by atoms with Gasteiger partial charge in [-0.25, -0.2) is 9.13 Å². The highest BCUT2D eigenvalue weighted by Gasteiger charge is 2.30.